The van der Waals surface area contributed by atoms with E-state index in [0.717, 1.165) is 24.3 Å². The van der Waals surface area contributed by atoms with Gasteiger partial charge in [0.05, 0.1) is 27.8 Å². The number of anilines is 3. The minimum absolute atomic E-state index is 0.00197. The summed E-state index contributed by atoms with van der Waals surface area (Å²) in [5.74, 6) is -8.55. The Morgan fingerprint density at radius 2 is 1.59 bits per heavy atom. The van der Waals surface area contributed by atoms with E-state index in [2.05, 4.69) is 16.0 Å². The second kappa shape index (κ2) is 12.9. The minimum Gasteiger partial charge on any atom is -0.326 e. The van der Waals surface area contributed by atoms with Crippen LogP contribution in [0.25, 0.3) is 0 Å². The molecule has 0 unspecified atom stereocenters. The van der Waals surface area contributed by atoms with Gasteiger partial charge in [-0.2, -0.15) is 13.2 Å². The van der Waals surface area contributed by atoms with Crippen molar-refractivity contribution in [2.75, 3.05) is 16.0 Å². The van der Waals surface area contributed by atoms with E-state index in [-0.39, 0.29) is 28.3 Å². The van der Waals surface area contributed by atoms with Gasteiger partial charge < -0.3 is 16.0 Å². The van der Waals surface area contributed by atoms with E-state index >= 15 is 4.39 Å². The van der Waals surface area contributed by atoms with Crippen molar-refractivity contribution < 1.29 is 40.7 Å². The molecule has 0 bridgehead atoms. The van der Waals surface area contributed by atoms with Crippen LogP contribution in [0.4, 0.5) is 43.4 Å². The maximum absolute atomic E-state index is 15.0. The summed E-state index contributed by atoms with van der Waals surface area (Å²) in [6.07, 6.45) is -3.77. The SMILES string of the molecule is CCCCC(=O)Nc1c(F)ccc(NC(=O)c2cc(NC(=O)[C@H]3[C@H](c4ccc(F)c(C(F)(F)F)c4)C3(Cl)Cl)ccc2Cl)c1F. The van der Waals surface area contributed by atoms with Gasteiger partial charge in [0, 0.05) is 18.0 Å². The van der Waals surface area contributed by atoms with Crippen LogP contribution in [0.5, 0.6) is 0 Å². The molecule has 3 aromatic rings. The normalized spacial score (nSPS) is 17.1. The smallest absolute Gasteiger partial charge is 0.326 e. The molecule has 1 aliphatic carbocycles. The lowest BCUT2D eigenvalue weighted by Crippen LogP contribution is -2.19. The Balaban J connectivity index is 1.51. The zero-order valence-corrected chi connectivity index (χ0v) is 24.8. The van der Waals surface area contributed by atoms with E-state index < -0.39 is 74.5 Å². The van der Waals surface area contributed by atoms with Gasteiger partial charge in [-0.3, -0.25) is 14.4 Å². The Bertz CT molecular complexity index is 1630. The first kappa shape index (κ1) is 33.4. The first-order valence-electron chi connectivity index (χ1n) is 13.0. The number of nitrogens with one attached hydrogen (secondary N) is 3. The molecule has 3 amide bonds. The van der Waals surface area contributed by atoms with Crippen molar-refractivity contribution in [3.8, 4) is 0 Å². The Morgan fingerprint density at radius 1 is 0.909 bits per heavy atom. The predicted octanol–water partition coefficient (Wildman–Crippen LogP) is 8.68. The Kier molecular flexibility index (Phi) is 9.77. The van der Waals surface area contributed by atoms with Crippen LogP contribution in [0.15, 0.2) is 48.5 Å². The van der Waals surface area contributed by atoms with E-state index in [1.807, 2.05) is 6.92 Å². The van der Waals surface area contributed by atoms with E-state index in [1.165, 1.54) is 12.1 Å². The number of amides is 3. The van der Waals surface area contributed by atoms with Gasteiger partial charge in [0.1, 0.15) is 21.7 Å². The number of carbonyl (C=O) groups is 3. The van der Waals surface area contributed by atoms with Crippen molar-refractivity contribution in [3.05, 3.63) is 87.7 Å². The summed E-state index contributed by atoms with van der Waals surface area (Å²) in [6, 6.07) is 7.65. The van der Waals surface area contributed by atoms with Gasteiger partial charge in [0.2, 0.25) is 11.8 Å². The van der Waals surface area contributed by atoms with Crippen LogP contribution < -0.4 is 16.0 Å². The Labute approximate surface area is 262 Å². The van der Waals surface area contributed by atoms with Crippen LogP contribution in [-0.4, -0.2) is 22.1 Å². The molecule has 44 heavy (non-hydrogen) atoms. The van der Waals surface area contributed by atoms with Crippen LogP contribution in [-0.2, 0) is 15.8 Å². The fourth-order valence-electron chi connectivity index (χ4n) is 4.51. The summed E-state index contributed by atoms with van der Waals surface area (Å²) in [5, 5.41) is 6.73. The monoisotopic (exact) mass is 679 g/mol. The summed E-state index contributed by atoms with van der Waals surface area (Å²) in [4.78, 5) is 38.0. The summed E-state index contributed by atoms with van der Waals surface area (Å²) < 4.78 is 80.8. The number of benzene rings is 3. The number of carbonyl (C=O) groups excluding carboxylic acids is 3. The molecular formula is C29H22Cl3F6N3O3. The molecule has 15 heteroatoms. The third-order valence-corrected chi connectivity index (χ3v) is 8.10. The van der Waals surface area contributed by atoms with Crippen molar-refractivity contribution in [1.29, 1.82) is 0 Å². The molecule has 0 heterocycles. The number of rotatable bonds is 9. The first-order valence-corrected chi connectivity index (χ1v) is 14.1. The molecule has 1 saturated carbocycles. The number of hydrogen-bond donors (Lipinski definition) is 3. The predicted molar refractivity (Wildman–Crippen MR) is 155 cm³/mol. The highest BCUT2D eigenvalue weighted by Crippen LogP contribution is 2.65. The number of alkyl halides is 5. The third-order valence-electron chi connectivity index (χ3n) is 6.83. The molecule has 1 fully saturated rings. The van der Waals surface area contributed by atoms with Crippen LogP contribution in [0.2, 0.25) is 5.02 Å². The van der Waals surface area contributed by atoms with Gasteiger partial charge in [-0.15, -0.1) is 23.2 Å². The average Bonchev–Trinajstić information content (AvgIpc) is 3.53. The molecule has 0 aliphatic heterocycles. The maximum atomic E-state index is 15.0. The fraction of sp³-hybridized carbons (Fsp3) is 0.276. The van der Waals surface area contributed by atoms with Gasteiger partial charge in [0.15, 0.2) is 5.82 Å². The molecule has 4 rings (SSSR count). The van der Waals surface area contributed by atoms with E-state index in [1.54, 1.807) is 0 Å². The molecule has 3 aromatic carbocycles. The van der Waals surface area contributed by atoms with E-state index in [0.29, 0.717) is 25.0 Å². The van der Waals surface area contributed by atoms with Gasteiger partial charge in [0.25, 0.3) is 5.91 Å². The lowest BCUT2D eigenvalue weighted by Gasteiger charge is -2.13. The molecule has 234 valence electrons. The second-order valence-electron chi connectivity index (χ2n) is 9.94. The summed E-state index contributed by atoms with van der Waals surface area (Å²) in [7, 11) is 0. The second-order valence-corrected chi connectivity index (χ2v) is 11.8. The largest absolute Gasteiger partial charge is 0.419 e. The fourth-order valence-corrected chi connectivity index (χ4v) is 5.54. The van der Waals surface area contributed by atoms with Crippen molar-refractivity contribution in [3.63, 3.8) is 0 Å². The molecule has 1 aliphatic rings. The van der Waals surface area contributed by atoms with Crippen LogP contribution in [0.3, 0.4) is 0 Å². The van der Waals surface area contributed by atoms with E-state index in [9.17, 15) is 36.3 Å². The number of unbranched alkanes of at least 4 members (excludes halogenated alkanes) is 1. The maximum Gasteiger partial charge on any atom is 0.419 e. The first-order chi connectivity index (χ1) is 20.6. The van der Waals surface area contributed by atoms with E-state index in [4.69, 9.17) is 34.8 Å². The molecule has 0 spiro atoms. The quantitative estimate of drug-likeness (QED) is 0.156. The molecule has 6 nitrogen and oxygen atoms in total. The summed E-state index contributed by atoms with van der Waals surface area (Å²) in [6.45, 7) is 1.84. The third kappa shape index (κ3) is 7.08. The zero-order chi connectivity index (χ0) is 32.6. The van der Waals surface area contributed by atoms with Gasteiger partial charge in [-0.05, 0) is 54.4 Å². The molecule has 2 atom stereocenters. The molecular weight excluding hydrogens is 659 g/mol. The number of halogens is 9. The van der Waals surface area contributed by atoms with Gasteiger partial charge >= 0.3 is 6.18 Å². The Morgan fingerprint density at radius 3 is 2.25 bits per heavy atom. The molecule has 0 saturated heterocycles. The topological polar surface area (TPSA) is 87.3 Å². The highest BCUT2D eigenvalue weighted by Gasteiger charge is 2.67. The van der Waals surface area contributed by atoms with Crippen LogP contribution >= 0.6 is 34.8 Å². The standard InChI is InChI=1S/C29H22Cl3F6N3O3/c1-2-3-4-21(42)41-25-19(34)9-10-20(24(25)35)40-26(43)15-12-14(6-7-17(15)30)39-27(44)23-22(28(23,31)32)13-5-8-18(33)16(11-13)29(36,37)38/h5-12,22-23H,2-4H2,1H3,(H,39,44)(H,40,43)(H,41,42)/t22-,23+/m0/s1. The lowest BCUT2D eigenvalue weighted by atomic mass is 10.0. The average molecular weight is 681 g/mol. The van der Waals surface area contributed by atoms with Gasteiger partial charge in [-0.1, -0.05) is 31.0 Å². The highest BCUT2D eigenvalue weighted by atomic mass is 35.5. The van der Waals surface area contributed by atoms with Crippen LogP contribution in [0, 0.1) is 23.4 Å². The number of hydrogen-bond acceptors (Lipinski definition) is 3. The highest BCUT2D eigenvalue weighted by molar-refractivity contribution is 6.53. The van der Waals surface area contributed by atoms with Crippen molar-refractivity contribution in [2.45, 2.75) is 42.6 Å². The van der Waals surface area contributed by atoms with Crippen molar-refractivity contribution >= 4 is 69.6 Å². The van der Waals surface area contributed by atoms with Crippen molar-refractivity contribution in [2.24, 2.45) is 5.92 Å². The minimum atomic E-state index is -4.99. The van der Waals surface area contributed by atoms with Gasteiger partial charge in [-0.25, -0.2) is 13.2 Å². The summed E-state index contributed by atoms with van der Waals surface area (Å²) >= 11 is 18.6. The van der Waals surface area contributed by atoms with Crippen molar-refractivity contribution in [1.82, 2.24) is 0 Å². The molecule has 0 radical (unpaired) electrons. The van der Waals surface area contributed by atoms with Crippen LogP contribution in [0.1, 0.15) is 53.6 Å². The molecule has 0 aromatic heterocycles. The summed E-state index contributed by atoms with van der Waals surface area (Å²) in [5.41, 5.74) is -3.11. The Hall–Kier alpha value is -3.48. The lowest BCUT2D eigenvalue weighted by molar-refractivity contribution is -0.140. The zero-order valence-electron chi connectivity index (χ0n) is 22.5. The molecule has 3 N–H and O–H groups in total.